The zero-order chi connectivity index (χ0) is 15.7. The second-order valence-corrected chi connectivity index (χ2v) is 9.34. The summed E-state index contributed by atoms with van der Waals surface area (Å²) < 4.78 is 0. The van der Waals surface area contributed by atoms with Gasteiger partial charge in [0, 0.05) is 17.0 Å². The highest BCUT2D eigenvalue weighted by molar-refractivity contribution is 5.53. The largest absolute Gasteiger partial charge is 0.508 e. The molecule has 1 aromatic rings. The van der Waals surface area contributed by atoms with Crippen LogP contribution in [0.25, 0.3) is 0 Å². The molecular formula is C20H28O2. The van der Waals surface area contributed by atoms with Crippen LogP contribution >= 0.6 is 0 Å². The summed E-state index contributed by atoms with van der Waals surface area (Å²) in [5, 5.41) is 20.7. The van der Waals surface area contributed by atoms with Crippen molar-refractivity contribution in [2.75, 3.05) is 0 Å². The highest BCUT2D eigenvalue weighted by Gasteiger charge is 2.53. The first-order chi connectivity index (χ1) is 10.3. The van der Waals surface area contributed by atoms with Crippen LogP contribution in [0.4, 0.5) is 0 Å². The van der Waals surface area contributed by atoms with E-state index in [4.69, 9.17) is 0 Å². The molecule has 5 rings (SSSR count). The Kier molecular flexibility index (Phi) is 2.90. The Bertz CT molecular complexity index is 574. The van der Waals surface area contributed by atoms with E-state index in [1.165, 1.54) is 38.5 Å². The molecule has 4 bridgehead atoms. The number of rotatable bonds is 1. The predicted molar refractivity (Wildman–Crippen MR) is 88.3 cm³/mol. The standard InChI is InChI=1S/C20H28O2/c1-19(2,3)16-7-15(21)8-17(22)18(16)20-9-12-4-13(10-20)6-14(5-12)11-20/h7-8,12-14,21-22H,4-6,9-11H2,1-3H3. The van der Waals surface area contributed by atoms with Gasteiger partial charge < -0.3 is 10.2 Å². The zero-order valence-electron chi connectivity index (χ0n) is 14.0. The van der Waals surface area contributed by atoms with E-state index < -0.39 is 0 Å². The lowest BCUT2D eigenvalue weighted by atomic mass is 9.47. The second-order valence-electron chi connectivity index (χ2n) is 9.34. The van der Waals surface area contributed by atoms with Crippen molar-refractivity contribution in [2.45, 2.75) is 70.1 Å². The van der Waals surface area contributed by atoms with E-state index >= 15 is 0 Å². The van der Waals surface area contributed by atoms with Crippen molar-refractivity contribution >= 4 is 0 Å². The van der Waals surface area contributed by atoms with Crippen LogP contribution in [0.5, 0.6) is 11.5 Å². The predicted octanol–water partition coefficient (Wildman–Crippen LogP) is 4.86. The van der Waals surface area contributed by atoms with Gasteiger partial charge in [-0.25, -0.2) is 0 Å². The van der Waals surface area contributed by atoms with Crippen LogP contribution in [0, 0.1) is 17.8 Å². The molecule has 4 aliphatic rings. The third-order valence-electron chi connectivity index (χ3n) is 6.48. The molecule has 0 unspecified atom stereocenters. The molecule has 4 aliphatic carbocycles. The number of phenols is 2. The van der Waals surface area contributed by atoms with Crippen LogP contribution in [-0.2, 0) is 10.8 Å². The summed E-state index contributed by atoms with van der Waals surface area (Å²) in [6, 6.07) is 3.46. The summed E-state index contributed by atoms with van der Waals surface area (Å²) in [6.07, 6.45) is 7.93. The third-order valence-corrected chi connectivity index (χ3v) is 6.48. The molecule has 2 N–H and O–H groups in total. The summed E-state index contributed by atoms with van der Waals surface area (Å²) in [5.41, 5.74) is 2.41. The fourth-order valence-corrected chi connectivity index (χ4v) is 6.18. The average molecular weight is 300 g/mol. The smallest absolute Gasteiger partial charge is 0.123 e. The fraction of sp³-hybridized carbons (Fsp3) is 0.700. The van der Waals surface area contributed by atoms with Crippen molar-refractivity contribution in [3.05, 3.63) is 23.3 Å². The molecule has 2 nitrogen and oxygen atoms in total. The van der Waals surface area contributed by atoms with Crippen molar-refractivity contribution in [3.8, 4) is 11.5 Å². The van der Waals surface area contributed by atoms with Crippen LogP contribution in [0.2, 0.25) is 0 Å². The molecule has 0 radical (unpaired) electrons. The molecule has 22 heavy (non-hydrogen) atoms. The molecule has 0 aliphatic heterocycles. The molecule has 0 heterocycles. The minimum atomic E-state index is -0.0606. The maximum Gasteiger partial charge on any atom is 0.123 e. The van der Waals surface area contributed by atoms with E-state index in [9.17, 15) is 10.2 Å². The Morgan fingerprint density at radius 1 is 0.909 bits per heavy atom. The molecule has 0 aromatic heterocycles. The van der Waals surface area contributed by atoms with Gasteiger partial charge in [0.1, 0.15) is 11.5 Å². The van der Waals surface area contributed by atoms with Crippen molar-refractivity contribution in [2.24, 2.45) is 17.8 Å². The van der Waals surface area contributed by atoms with E-state index in [0.29, 0.717) is 5.75 Å². The number of hydrogen-bond acceptors (Lipinski definition) is 2. The van der Waals surface area contributed by atoms with Gasteiger partial charge in [-0.1, -0.05) is 20.8 Å². The minimum Gasteiger partial charge on any atom is -0.508 e. The van der Waals surface area contributed by atoms with Gasteiger partial charge in [0.2, 0.25) is 0 Å². The third kappa shape index (κ3) is 2.06. The molecule has 120 valence electrons. The Morgan fingerprint density at radius 2 is 1.41 bits per heavy atom. The van der Waals surface area contributed by atoms with Gasteiger partial charge in [-0.15, -0.1) is 0 Å². The van der Waals surface area contributed by atoms with Crippen LogP contribution in [0.15, 0.2) is 12.1 Å². The lowest BCUT2D eigenvalue weighted by molar-refractivity contribution is -0.00692. The van der Waals surface area contributed by atoms with Crippen LogP contribution < -0.4 is 0 Å². The Balaban J connectivity index is 1.89. The maximum atomic E-state index is 10.7. The van der Waals surface area contributed by atoms with Gasteiger partial charge in [-0.05, 0) is 73.3 Å². The quantitative estimate of drug-likeness (QED) is 0.777. The SMILES string of the molecule is CC(C)(C)c1cc(O)cc(O)c1C12CC3CC(CC(C3)C1)C2. The summed E-state index contributed by atoms with van der Waals surface area (Å²) in [7, 11) is 0. The first kappa shape index (κ1) is 14.4. The van der Waals surface area contributed by atoms with Gasteiger partial charge in [-0.3, -0.25) is 0 Å². The Morgan fingerprint density at radius 3 is 1.86 bits per heavy atom. The van der Waals surface area contributed by atoms with Crippen LogP contribution in [0.1, 0.15) is 70.4 Å². The molecule has 0 saturated heterocycles. The topological polar surface area (TPSA) is 40.5 Å². The van der Waals surface area contributed by atoms with Gasteiger partial charge in [-0.2, -0.15) is 0 Å². The first-order valence-corrected chi connectivity index (χ1v) is 8.84. The van der Waals surface area contributed by atoms with Crippen LogP contribution in [-0.4, -0.2) is 10.2 Å². The molecule has 0 atom stereocenters. The number of aromatic hydroxyl groups is 2. The summed E-state index contributed by atoms with van der Waals surface area (Å²) in [4.78, 5) is 0. The zero-order valence-corrected chi connectivity index (χ0v) is 14.0. The van der Waals surface area contributed by atoms with E-state index in [2.05, 4.69) is 20.8 Å². The highest BCUT2D eigenvalue weighted by Crippen LogP contribution is 2.63. The van der Waals surface area contributed by atoms with E-state index in [1.807, 2.05) is 6.07 Å². The molecule has 0 amide bonds. The molecule has 4 fully saturated rings. The summed E-state index contributed by atoms with van der Waals surface area (Å²) in [6.45, 7) is 6.56. The molecular weight excluding hydrogens is 272 g/mol. The van der Waals surface area contributed by atoms with E-state index in [1.54, 1.807) is 6.07 Å². The van der Waals surface area contributed by atoms with Crippen molar-refractivity contribution < 1.29 is 10.2 Å². The van der Waals surface area contributed by atoms with Gasteiger partial charge >= 0.3 is 0 Å². The molecule has 4 saturated carbocycles. The Hall–Kier alpha value is -1.18. The van der Waals surface area contributed by atoms with E-state index in [-0.39, 0.29) is 16.6 Å². The van der Waals surface area contributed by atoms with Gasteiger partial charge in [0.25, 0.3) is 0 Å². The average Bonchev–Trinajstić information content (AvgIpc) is 2.34. The normalized spacial score (nSPS) is 36.8. The lowest BCUT2D eigenvalue weighted by Gasteiger charge is -2.58. The second kappa shape index (κ2) is 4.43. The summed E-state index contributed by atoms with van der Waals surface area (Å²) >= 11 is 0. The van der Waals surface area contributed by atoms with Gasteiger partial charge in [0.05, 0.1) is 0 Å². The first-order valence-electron chi connectivity index (χ1n) is 8.84. The maximum absolute atomic E-state index is 10.7. The van der Waals surface area contributed by atoms with E-state index in [0.717, 1.165) is 28.9 Å². The van der Waals surface area contributed by atoms with Gasteiger partial charge in [0.15, 0.2) is 0 Å². The van der Waals surface area contributed by atoms with Crippen molar-refractivity contribution in [1.82, 2.24) is 0 Å². The minimum absolute atomic E-state index is 0.0606. The Labute approximate surface area is 133 Å². The number of benzene rings is 1. The van der Waals surface area contributed by atoms with Crippen molar-refractivity contribution in [1.29, 1.82) is 0 Å². The van der Waals surface area contributed by atoms with Crippen molar-refractivity contribution in [3.63, 3.8) is 0 Å². The summed E-state index contributed by atoms with van der Waals surface area (Å²) in [5.74, 6) is 3.08. The fourth-order valence-electron chi connectivity index (χ4n) is 6.18. The highest BCUT2D eigenvalue weighted by atomic mass is 16.3. The number of phenolic OH excluding ortho intramolecular Hbond substituents is 2. The lowest BCUT2D eigenvalue weighted by Crippen LogP contribution is -2.49. The van der Waals surface area contributed by atoms with Crippen LogP contribution in [0.3, 0.4) is 0 Å². The monoisotopic (exact) mass is 300 g/mol. The molecule has 2 heteroatoms. The number of hydrogen-bond donors (Lipinski definition) is 2. The molecule has 0 spiro atoms. The molecule has 1 aromatic carbocycles.